The fraction of sp³-hybridized carbons (Fsp3) is 0.500. The van der Waals surface area contributed by atoms with Crippen molar-refractivity contribution in [1.29, 1.82) is 0 Å². The number of hydrogen-bond donors (Lipinski definition) is 1. The van der Waals surface area contributed by atoms with Crippen molar-refractivity contribution in [3.8, 4) is 0 Å². The van der Waals surface area contributed by atoms with Crippen molar-refractivity contribution in [3.05, 3.63) is 29.8 Å². The SMILES string of the molecule is CCN(CC)c1ccc(CNc2nnnn2CC)cc1. The molecule has 0 aliphatic heterocycles. The fourth-order valence-electron chi connectivity index (χ4n) is 2.14. The van der Waals surface area contributed by atoms with Gasteiger partial charge in [-0.3, -0.25) is 0 Å². The molecule has 1 N–H and O–H groups in total. The fourth-order valence-corrected chi connectivity index (χ4v) is 2.14. The van der Waals surface area contributed by atoms with Crippen LogP contribution in [-0.2, 0) is 13.1 Å². The van der Waals surface area contributed by atoms with Gasteiger partial charge in [0.1, 0.15) is 0 Å². The number of aryl methyl sites for hydroxylation is 1. The van der Waals surface area contributed by atoms with Gasteiger partial charge in [-0.15, -0.1) is 0 Å². The normalized spacial score (nSPS) is 10.6. The van der Waals surface area contributed by atoms with E-state index in [9.17, 15) is 0 Å². The zero-order valence-corrected chi connectivity index (χ0v) is 12.4. The number of anilines is 2. The van der Waals surface area contributed by atoms with E-state index in [0.29, 0.717) is 5.95 Å². The van der Waals surface area contributed by atoms with Crippen LogP contribution in [0, 0.1) is 0 Å². The largest absolute Gasteiger partial charge is 0.372 e. The first kappa shape index (κ1) is 14.3. The van der Waals surface area contributed by atoms with Crippen molar-refractivity contribution < 1.29 is 0 Å². The van der Waals surface area contributed by atoms with E-state index in [1.54, 1.807) is 4.68 Å². The number of nitrogens with one attached hydrogen (secondary N) is 1. The second-order valence-corrected chi connectivity index (χ2v) is 4.51. The van der Waals surface area contributed by atoms with Gasteiger partial charge in [-0.25, -0.2) is 4.68 Å². The summed E-state index contributed by atoms with van der Waals surface area (Å²) in [5, 5.41) is 14.8. The molecule has 0 saturated heterocycles. The first-order valence-corrected chi connectivity index (χ1v) is 7.12. The third kappa shape index (κ3) is 3.26. The lowest BCUT2D eigenvalue weighted by Crippen LogP contribution is -2.21. The van der Waals surface area contributed by atoms with E-state index in [4.69, 9.17) is 0 Å². The van der Waals surface area contributed by atoms with Crippen LogP contribution in [-0.4, -0.2) is 33.3 Å². The Kier molecular flexibility index (Phi) is 4.92. The Balaban J connectivity index is 1.97. The van der Waals surface area contributed by atoms with E-state index >= 15 is 0 Å². The van der Waals surface area contributed by atoms with Gasteiger partial charge in [0.05, 0.1) is 0 Å². The van der Waals surface area contributed by atoms with E-state index in [-0.39, 0.29) is 0 Å². The molecule has 0 aliphatic carbocycles. The Morgan fingerprint density at radius 1 is 1.10 bits per heavy atom. The molecule has 0 aliphatic rings. The van der Waals surface area contributed by atoms with Gasteiger partial charge in [0, 0.05) is 31.9 Å². The lowest BCUT2D eigenvalue weighted by molar-refractivity contribution is 0.629. The highest BCUT2D eigenvalue weighted by Crippen LogP contribution is 2.15. The molecule has 1 heterocycles. The number of rotatable bonds is 7. The first-order chi connectivity index (χ1) is 9.78. The smallest absolute Gasteiger partial charge is 0.243 e. The van der Waals surface area contributed by atoms with Gasteiger partial charge in [-0.2, -0.15) is 0 Å². The van der Waals surface area contributed by atoms with Crippen LogP contribution < -0.4 is 10.2 Å². The molecular weight excluding hydrogens is 252 g/mol. The summed E-state index contributed by atoms with van der Waals surface area (Å²) in [6.45, 7) is 9.89. The topological polar surface area (TPSA) is 58.9 Å². The Hall–Kier alpha value is -2.11. The van der Waals surface area contributed by atoms with Gasteiger partial charge >= 0.3 is 0 Å². The maximum atomic E-state index is 3.96. The molecule has 6 heteroatoms. The molecule has 2 aromatic rings. The van der Waals surface area contributed by atoms with E-state index in [1.165, 1.54) is 11.3 Å². The number of benzene rings is 1. The average Bonchev–Trinajstić information content (AvgIpc) is 2.95. The summed E-state index contributed by atoms with van der Waals surface area (Å²) in [4.78, 5) is 2.33. The molecule has 20 heavy (non-hydrogen) atoms. The molecule has 0 radical (unpaired) electrons. The maximum Gasteiger partial charge on any atom is 0.243 e. The molecule has 0 atom stereocenters. The zero-order valence-electron chi connectivity index (χ0n) is 12.4. The summed E-state index contributed by atoms with van der Waals surface area (Å²) >= 11 is 0. The molecule has 0 unspecified atom stereocenters. The van der Waals surface area contributed by atoms with E-state index in [0.717, 1.165) is 26.2 Å². The van der Waals surface area contributed by atoms with Crippen LogP contribution in [0.2, 0.25) is 0 Å². The second kappa shape index (κ2) is 6.88. The molecule has 0 spiro atoms. The summed E-state index contributed by atoms with van der Waals surface area (Å²) in [6.07, 6.45) is 0. The Morgan fingerprint density at radius 3 is 2.40 bits per heavy atom. The van der Waals surface area contributed by atoms with Crippen LogP contribution in [0.3, 0.4) is 0 Å². The van der Waals surface area contributed by atoms with Crippen LogP contribution in [0.4, 0.5) is 11.6 Å². The lowest BCUT2D eigenvalue weighted by Gasteiger charge is -2.21. The summed E-state index contributed by atoms with van der Waals surface area (Å²) in [5.74, 6) is 0.709. The third-order valence-electron chi connectivity index (χ3n) is 3.35. The number of hydrogen-bond acceptors (Lipinski definition) is 5. The van der Waals surface area contributed by atoms with Gasteiger partial charge in [0.15, 0.2) is 0 Å². The molecule has 0 fully saturated rings. The average molecular weight is 274 g/mol. The maximum absolute atomic E-state index is 3.96. The minimum absolute atomic E-state index is 0.709. The minimum atomic E-state index is 0.709. The van der Waals surface area contributed by atoms with Crippen LogP contribution in [0.5, 0.6) is 0 Å². The molecule has 0 saturated carbocycles. The molecule has 1 aromatic heterocycles. The predicted molar refractivity (Wildman–Crippen MR) is 80.8 cm³/mol. The number of tetrazole rings is 1. The van der Waals surface area contributed by atoms with Gasteiger partial charge in [-0.1, -0.05) is 17.2 Å². The molecule has 2 rings (SSSR count). The highest BCUT2D eigenvalue weighted by Gasteiger charge is 2.04. The highest BCUT2D eigenvalue weighted by molar-refractivity contribution is 5.47. The predicted octanol–water partition coefficient (Wildman–Crippen LogP) is 2.15. The van der Waals surface area contributed by atoms with Crippen molar-refractivity contribution in [2.24, 2.45) is 0 Å². The van der Waals surface area contributed by atoms with Crippen LogP contribution >= 0.6 is 0 Å². The van der Waals surface area contributed by atoms with Crippen molar-refractivity contribution in [3.63, 3.8) is 0 Å². The molecule has 6 nitrogen and oxygen atoms in total. The molecule has 108 valence electrons. The summed E-state index contributed by atoms with van der Waals surface area (Å²) in [5.41, 5.74) is 2.48. The summed E-state index contributed by atoms with van der Waals surface area (Å²) < 4.78 is 1.74. The van der Waals surface area contributed by atoms with Gasteiger partial charge < -0.3 is 10.2 Å². The van der Waals surface area contributed by atoms with Gasteiger partial charge in [-0.05, 0) is 48.9 Å². The van der Waals surface area contributed by atoms with Crippen LogP contribution in [0.25, 0.3) is 0 Å². The van der Waals surface area contributed by atoms with Crippen molar-refractivity contribution in [2.75, 3.05) is 23.3 Å². The van der Waals surface area contributed by atoms with Gasteiger partial charge in [0.25, 0.3) is 0 Å². The van der Waals surface area contributed by atoms with Crippen molar-refractivity contribution >= 4 is 11.6 Å². The molecule has 0 bridgehead atoms. The second-order valence-electron chi connectivity index (χ2n) is 4.51. The summed E-state index contributed by atoms with van der Waals surface area (Å²) in [7, 11) is 0. The first-order valence-electron chi connectivity index (χ1n) is 7.12. The monoisotopic (exact) mass is 274 g/mol. The van der Waals surface area contributed by atoms with Gasteiger partial charge in [0.2, 0.25) is 5.95 Å². The summed E-state index contributed by atoms with van der Waals surface area (Å²) in [6, 6.07) is 8.60. The van der Waals surface area contributed by atoms with E-state index in [2.05, 4.69) is 63.9 Å². The number of aromatic nitrogens is 4. The van der Waals surface area contributed by atoms with Crippen molar-refractivity contribution in [2.45, 2.75) is 33.9 Å². The van der Waals surface area contributed by atoms with Crippen LogP contribution in [0.15, 0.2) is 24.3 Å². The minimum Gasteiger partial charge on any atom is -0.372 e. The Morgan fingerprint density at radius 2 is 1.80 bits per heavy atom. The third-order valence-corrected chi connectivity index (χ3v) is 3.35. The molecule has 0 amide bonds. The molecule has 1 aromatic carbocycles. The standard InChI is InChI=1S/C14H22N6/c1-4-19(5-2)13-9-7-12(8-10-13)11-15-14-16-17-18-20(14)6-3/h7-10H,4-6,11H2,1-3H3,(H,15,16,18). The lowest BCUT2D eigenvalue weighted by atomic mass is 10.2. The molecular formula is C14H22N6. The highest BCUT2D eigenvalue weighted by atomic mass is 15.6. The Bertz CT molecular complexity index is 515. The Labute approximate surface area is 119 Å². The van der Waals surface area contributed by atoms with E-state index in [1.807, 2.05) is 6.92 Å². The van der Waals surface area contributed by atoms with Crippen LogP contribution in [0.1, 0.15) is 26.3 Å². The van der Waals surface area contributed by atoms with E-state index < -0.39 is 0 Å². The quantitative estimate of drug-likeness (QED) is 0.838. The zero-order chi connectivity index (χ0) is 14.4. The van der Waals surface area contributed by atoms with Crippen molar-refractivity contribution in [1.82, 2.24) is 20.2 Å². The number of nitrogens with zero attached hydrogens (tertiary/aromatic N) is 5.